The Morgan fingerprint density at radius 3 is 2.89 bits per heavy atom. The fraction of sp³-hybridized carbons (Fsp3) is 0.400. The highest BCUT2D eigenvalue weighted by molar-refractivity contribution is 6.30. The van der Waals surface area contributed by atoms with Crippen molar-refractivity contribution in [3.8, 4) is 0 Å². The molecule has 0 atom stereocenters. The summed E-state index contributed by atoms with van der Waals surface area (Å²) in [5.74, 6) is 0.304. The van der Waals surface area contributed by atoms with Crippen molar-refractivity contribution in [2.45, 2.75) is 6.18 Å². The number of hydrogen-bond donors (Lipinski definition) is 1. The number of hydrogen-bond acceptors (Lipinski definition) is 4. The topological polar surface area (TPSA) is 51.5 Å². The van der Waals surface area contributed by atoms with Gasteiger partial charge in [0.1, 0.15) is 6.61 Å². The van der Waals surface area contributed by atoms with E-state index in [1.54, 1.807) is 18.3 Å². The Bertz CT molecular complexity index is 557. The molecule has 19 heavy (non-hydrogen) atoms. The first-order valence-electron chi connectivity index (χ1n) is 5.34. The predicted octanol–water partition coefficient (Wildman–Crippen LogP) is 2.37. The lowest BCUT2D eigenvalue weighted by Gasteiger charge is -2.07. The van der Waals surface area contributed by atoms with Crippen LogP contribution in [0.4, 0.5) is 19.1 Å². The van der Waals surface area contributed by atoms with Gasteiger partial charge in [0.25, 0.3) is 0 Å². The summed E-state index contributed by atoms with van der Waals surface area (Å²) in [6.07, 6.45) is -2.73. The SMILES string of the molecule is FC(F)(F)COCCNc1nc2ccc(Cl)cn2n1. The van der Waals surface area contributed by atoms with Crippen molar-refractivity contribution in [3.05, 3.63) is 23.4 Å². The molecule has 0 aliphatic carbocycles. The third-order valence-corrected chi connectivity index (χ3v) is 2.31. The molecule has 0 saturated heterocycles. The maximum Gasteiger partial charge on any atom is 0.411 e. The number of rotatable bonds is 5. The first-order valence-corrected chi connectivity index (χ1v) is 5.72. The van der Waals surface area contributed by atoms with Crippen molar-refractivity contribution < 1.29 is 17.9 Å². The Morgan fingerprint density at radius 1 is 1.37 bits per heavy atom. The van der Waals surface area contributed by atoms with Crippen LogP contribution < -0.4 is 5.32 Å². The number of nitrogens with one attached hydrogen (secondary N) is 1. The Morgan fingerprint density at radius 2 is 2.16 bits per heavy atom. The van der Waals surface area contributed by atoms with Gasteiger partial charge in [0, 0.05) is 12.7 Å². The number of pyridine rings is 1. The van der Waals surface area contributed by atoms with E-state index < -0.39 is 12.8 Å². The zero-order chi connectivity index (χ0) is 13.9. The molecule has 0 amide bonds. The van der Waals surface area contributed by atoms with Crippen molar-refractivity contribution in [1.29, 1.82) is 0 Å². The highest BCUT2D eigenvalue weighted by atomic mass is 35.5. The molecule has 2 rings (SSSR count). The average molecular weight is 295 g/mol. The van der Waals surface area contributed by atoms with E-state index in [9.17, 15) is 13.2 Å². The molecule has 1 N–H and O–H groups in total. The summed E-state index contributed by atoms with van der Waals surface area (Å²) >= 11 is 5.78. The second-order valence-corrected chi connectivity index (χ2v) is 4.12. The number of anilines is 1. The molecule has 0 aliphatic rings. The van der Waals surface area contributed by atoms with Gasteiger partial charge in [0.2, 0.25) is 5.95 Å². The van der Waals surface area contributed by atoms with Gasteiger partial charge in [-0.05, 0) is 12.1 Å². The van der Waals surface area contributed by atoms with Gasteiger partial charge in [-0.15, -0.1) is 5.10 Å². The predicted molar refractivity (Wildman–Crippen MR) is 63.4 cm³/mol. The van der Waals surface area contributed by atoms with Gasteiger partial charge in [-0.25, -0.2) is 4.52 Å². The van der Waals surface area contributed by atoms with E-state index in [4.69, 9.17) is 11.6 Å². The number of ether oxygens (including phenoxy) is 1. The van der Waals surface area contributed by atoms with Gasteiger partial charge >= 0.3 is 6.18 Å². The highest BCUT2D eigenvalue weighted by Gasteiger charge is 2.27. The third-order valence-electron chi connectivity index (χ3n) is 2.09. The highest BCUT2D eigenvalue weighted by Crippen LogP contribution is 2.14. The first-order chi connectivity index (χ1) is 8.94. The van der Waals surface area contributed by atoms with E-state index in [1.807, 2.05) is 0 Å². The van der Waals surface area contributed by atoms with E-state index in [-0.39, 0.29) is 13.2 Å². The summed E-state index contributed by atoms with van der Waals surface area (Å²) in [5.41, 5.74) is 0.586. The molecule has 0 aromatic carbocycles. The number of halogens is 4. The van der Waals surface area contributed by atoms with Crippen molar-refractivity contribution in [2.75, 3.05) is 25.1 Å². The van der Waals surface area contributed by atoms with Crippen LogP contribution in [-0.4, -0.2) is 40.5 Å². The summed E-state index contributed by atoms with van der Waals surface area (Å²) in [7, 11) is 0. The zero-order valence-corrected chi connectivity index (χ0v) is 10.4. The van der Waals surface area contributed by atoms with Gasteiger partial charge in [0.05, 0.1) is 11.6 Å². The van der Waals surface area contributed by atoms with Crippen molar-refractivity contribution in [3.63, 3.8) is 0 Å². The summed E-state index contributed by atoms with van der Waals surface area (Å²) in [4.78, 5) is 4.10. The van der Waals surface area contributed by atoms with E-state index >= 15 is 0 Å². The minimum absolute atomic E-state index is 0.0875. The van der Waals surface area contributed by atoms with Crippen LogP contribution in [-0.2, 0) is 4.74 Å². The van der Waals surface area contributed by atoms with Crippen molar-refractivity contribution >= 4 is 23.2 Å². The second kappa shape index (κ2) is 5.62. The van der Waals surface area contributed by atoms with Crippen LogP contribution in [0.15, 0.2) is 18.3 Å². The normalized spacial score (nSPS) is 12.0. The van der Waals surface area contributed by atoms with Crippen molar-refractivity contribution in [1.82, 2.24) is 14.6 Å². The molecule has 104 valence electrons. The van der Waals surface area contributed by atoms with Crippen LogP contribution in [0.2, 0.25) is 5.02 Å². The smallest absolute Gasteiger partial charge is 0.370 e. The molecule has 5 nitrogen and oxygen atoms in total. The average Bonchev–Trinajstić information content (AvgIpc) is 2.68. The molecule has 0 spiro atoms. The lowest BCUT2D eigenvalue weighted by Crippen LogP contribution is -2.20. The van der Waals surface area contributed by atoms with Gasteiger partial charge < -0.3 is 10.1 Å². The van der Waals surface area contributed by atoms with E-state index in [0.717, 1.165) is 0 Å². The number of alkyl halides is 3. The second-order valence-electron chi connectivity index (χ2n) is 3.68. The van der Waals surface area contributed by atoms with Crippen LogP contribution in [0.5, 0.6) is 0 Å². The maximum absolute atomic E-state index is 11.8. The molecule has 0 unspecified atom stereocenters. The van der Waals surface area contributed by atoms with E-state index in [2.05, 4.69) is 20.1 Å². The molecule has 0 fully saturated rings. The molecule has 0 aliphatic heterocycles. The van der Waals surface area contributed by atoms with Crippen LogP contribution in [0.3, 0.4) is 0 Å². The van der Waals surface area contributed by atoms with Crippen LogP contribution in [0, 0.1) is 0 Å². The third kappa shape index (κ3) is 4.25. The molecule has 2 aromatic rings. The molecule has 0 radical (unpaired) electrons. The molecule has 0 saturated carbocycles. The van der Waals surface area contributed by atoms with Crippen LogP contribution in [0.25, 0.3) is 5.65 Å². The van der Waals surface area contributed by atoms with Crippen LogP contribution in [0.1, 0.15) is 0 Å². The molecule has 0 bridgehead atoms. The van der Waals surface area contributed by atoms with E-state index in [0.29, 0.717) is 16.6 Å². The van der Waals surface area contributed by atoms with Gasteiger partial charge in [-0.2, -0.15) is 18.2 Å². The number of aromatic nitrogens is 3. The summed E-state index contributed by atoms with van der Waals surface area (Å²) < 4.78 is 41.3. The monoisotopic (exact) mass is 294 g/mol. The van der Waals surface area contributed by atoms with Gasteiger partial charge in [-0.1, -0.05) is 11.6 Å². The number of nitrogens with zero attached hydrogens (tertiary/aromatic N) is 3. The van der Waals surface area contributed by atoms with Gasteiger partial charge in [0.15, 0.2) is 5.65 Å². The lowest BCUT2D eigenvalue weighted by molar-refractivity contribution is -0.172. The van der Waals surface area contributed by atoms with Crippen LogP contribution >= 0.6 is 11.6 Å². The Hall–Kier alpha value is -1.54. The Balaban J connectivity index is 1.82. The molecule has 2 heterocycles. The minimum atomic E-state index is -4.31. The Labute approximate surface area is 111 Å². The minimum Gasteiger partial charge on any atom is -0.370 e. The summed E-state index contributed by atoms with van der Waals surface area (Å²) in [6, 6.07) is 3.35. The summed E-state index contributed by atoms with van der Waals surface area (Å²) in [5, 5.41) is 7.33. The summed E-state index contributed by atoms with van der Waals surface area (Å²) in [6.45, 7) is -1.17. The standard InChI is InChI=1S/C10H10ClF3N4O/c11-7-1-2-8-16-9(17-18(8)5-7)15-3-4-19-6-10(12,13)14/h1-2,5H,3-4,6H2,(H,15,17). The maximum atomic E-state index is 11.8. The first kappa shape index (κ1) is 13.9. The molecular formula is C10H10ClF3N4O. The van der Waals surface area contributed by atoms with Gasteiger partial charge in [-0.3, -0.25) is 0 Å². The molecule has 2 aromatic heterocycles. The lowest BCUT2D eigenvalue weighted by atomic mass is 10.5. The largest absolute Gasteiger partial charge is 0.411 e. The molecular weight excluding hydrogens is 285 g/mol. The fourth-order valence-electron chi connectivity index (χ4n) is 1.36. The fourth-order valence-corrected chi connectivity index (χ4v) is 1.51. The quantitative estimate of drug-likeness (QED) is 0.860. The Kier molecular flexibility index (Phi) is 4.11. The van der Waals surface area contributed by atoms with E-state index in [1.165, 1.54) is 4.52 Å². The number of fused-ring (bicyclic) bond motifs is 1. The van der Waals surface area contributed by atoms with Crippen molar-refractivity contribution in [2.24, 2.45) is 0 Å². The zero-order valence-electron chi connectivity index (χ0n) is 9.62. The molecule has 9 heteroatoms.